The Balaban J connectivity index is 3.08. The molecular formula is C18H26N2O. The summed E-state index contributed by atoms with van der Waals surface area (Å²) in [6.45, 7) is 8.69. The van der Waals surface area contributed by atoms with Crippen LogP contribution in [-0.4, -0.2) is 30.4 Å². The molecule has 0 saturated carbocycles. The number of aryl methyl sites for hydroxylation is 1. The maximum absolute atomic E-state index is 12.7. The number of hydrogen-bond donors (Lipinski definition) is 1. The van der Waals surface area contributed by atoms with E-state index in [1.54, 1.807) is 0 Å². The minimum Gasteiger partial charge on any atom is -0.339 e. The third-order valence-electron chi connectivity index (χ3n) is 3.52. The Bertz CT molecular complexity index is 552. The van der Waals surface area contributed by atoms with Gasteiger partial charge in [0.05, 0.1) is 12.1 Å². The molecule has 0 bridgehead atoms. The zero-order valence-electron chi connectivity index (χ0n) is 13.7. The first-order valence-corrected chi connectivity index (χ1v) is 7.43. The quantitative estimate of drug-likeness (QED) is 0.865. The molecule has 3 heteroatoms. The van der Waals surface area contributed by atoms with Crippen molar-refractivity contribution >= 4 is 5.91 Å². The highest BCUT2D eigenvalue weighted by molar-refractivity contribution is 5.97. The minimum absolute atomic E-state index is 0.0215. The van der Waals surface area contributed by atoms with Crippen molar-refractivity contribution in [1.29, 1.82) is 0 Å². The number of amides is 1. The van der Waals surface area contributed by atoms with Crippen molar-refractivity contribution in [3.05, 3.63) is 34.9 Å². The van der Waals surface area contributed by atoms with Crippen molar-refractivity contribution in [3.63, 3.8) is 0 Å². The van der Waals surface area contributed by atoms with Crippen molar-refractivity contribution in [2.45, 2.75) is 40.2 Å². The van der Waals surface area contributed by atoms with E-state index in [4.69, 9.17) is 5.73 Å². The van der Waals surface area contributed by atoms with Crippen molar-refractivity contribution in [3.8, 4) is 11.8 Å². The summed E-state index contributed by atoms with van der Waals surface area (Å²) in [4.78, 5) is 14.5. The fourth-order valence-corrected chi connectivity index (χ4v) is 2.32. The summed E-state index contributed by atoms with van der Waals surface area (Å²) in [7, 11) is 1.86. The van der Waals surface area contributed by atoms with Gasteiger partial charge in [-0.05, 0) is 38.3 Å². The number of hydrogen-bond acceptors (Lipinski definition) is 2. The smallest absolute Gasteiger partial charge is 0.255 e. The van der Waals surface area contributed by atoms with Gasteiger partial charge in [0.1, 0.15) is 0 Å². The molecule has 1 atom stereocenters. The zero-order chi connectivity index (χ0) is 16.0. The van der Waals surface area contributed by atoms with Crippen LogP contribution in [0.4, 0.5) is 0 Å². The van der Waals surface area contributed by atoms with Gasteiger partial charge in [-0.15, -0.1) is 0 Å². The first-order valence-electron chi connectivity index (χ1n) is 7.43. The lowest BCUT2D eigenvalue weighted by Crippen LogP contribution is -2.36. The lowest BCUT2D eigenvalue weighted by atomic mass is 10.0. The van der Waals surface area contributed by atoms with E-state index in [0.29, 0.717) is 18.0 Å². The number of carbonyl (C=O) groups is 1. The number of carbonyl (C=O) groups excluding carboxylic acids is 1. The van der Waals surface area contributed by atoms with Gasteiger partial charge in [0, 0.05) is 18.7 Å². The molecule has 0 fully saturated rings. The van der Waals surface area contributed by atoms with Crippen LogP contribution in [0.25, 0.3) is 0 Å². The predicted molar refractivity (Wildman–Crippen MR) is 88.1 cm³/mol. The number of benzene rings is 1. The molecule has 0 heterocycles. The molecule has 2 N–H and O–H groups in total. The Morgan fingerprint density at radius 3 is 2.57 bits per heavy atom. The van der Waals surface area contributed by atoms with E-state index in [0.717, 1.165) is 17.5 Å². The van der Waals surface area contributed by atoms with Gasteiger partial charge < -0.3 is 10.6 Å². The first kappa shape index (κ1) is 17.3. The highest BCUT2D eigenvalue weighted by atomic mass is 16.2. The van der Waals surface area contributed by atoms with Crippen molar-refractivity contribution < 1.29 is 4.79 Å². The molecule has 1 aromatic carbocycles. The SMILES string of the molecule is Cc1ccc(C#CCN)c(C(=O)N(C)C(C)CC(C)C)c1. The number of nitrogens with two attached hydrogens (primary N) is 1. The molecule has 114 valence electrons. The average molecular weight is 286 g/mol. The van der Waals surface area contributed by atoms with Gasteiger partial charge in [0.15, 0.2) is 0 Å². The largest absolute Gasteiger partial charge is 0.339 e. The summed E-state index contributed by atoms with van der Waals surface area (Å²) in [6, 6.07) is 5.97. The average Bonchev–Trinajstić information content (AvgIpc) is 2.43. The van der Waals surface area contributed by atoms with E-state index in [9.17, 15) is 4.79 Å². The molecule has 21 heavy (non-hydrogen) atoms. The Labute approximate surface area is 128 Å². The third kappa shape index (κ3) is 4.91. The number of nitrogens with zero attached hydrogens (tertiary/aromatic N) is 1. The Morgan fingerprint density at radius 2 is 2.00 bits per heavy atom. The summed E-state index contributed by atoms with van der Waals surface area (Å²) in [5, 5.41) is 0. The lowest BCUT2D eigenvalue weighted by Gasteiger charge is -2.27. The van der Waals surface area contributed by atoms with E-state index in [1.165, 1.54) is 0 Å². The second kappa shape index (κ2) is 7.85. The maximum atomic E-state index is 12.7. The zero-order valence-corrected chi connectivity index (χ0v) is 13.7. The van der Waals surface area contributed by atoms with Gasteiger partial charge in [0.25, 0.3) is 5.91 Å². The fourth-order valence-electron chi connectivity index (χ4n) is 2.32. The van der Waals surface area contributed by atoms with Gasteiger partial charge in [-0.25, -0.2) is 0 Å². The predicted octanol–water partition coefficient (Wildman–Crippen LogP) is 2.81. The van der Waals surface area contributed by atoms with Gasteiger partial charge in [0.2, 0.25) is 0 Å². The van der Waals surface area contributed by atoms with Crippen LogP contribution >= 0.6 is 0 Å². The van der Waals surface area contributed by atoms with Crippen molar-refractivity contribution in [1.82, 2.24) is 4.90 Å². The molecule has 0 radical (unpaired) electrons. The summed E-state index contributed by atoms with van der Waals surface area (Å²) >= 11 is 0. The number of rotatable bonds is 4. The molecule has 1 unspecified atom stereocenters. The van der Waals surface area contributed by atoms with E-state index in [1.807, 2.05) is 37.1 Å². The molecule has 1 aromatic rings. The Morgan fingerprint density at radius 1 is 1.33 bits per heavy atom. The molecule has 0 aliphatic heterocycles. The fraction of sp³-hybridized carbons (Fsp3) is 0.500. The summed E-state index contributed by atoms with van der Waals surface area (Å²) in [6.07, 6.45) is 0.984. The van der Waals surface area contributed by atoms with Crippen molar-refractivity contribution in [2.75, 3.05) is 13.6 Å². The Hall–Kier alpha value is -1.79. The highest BCUT2D eigenvalue weighted by Gasteiger charge is 2.20. The van der Waals surface area contributed by atoms with E-state index < -0.39 is 0 Å². The molecule has 1 amide bonds. The molecule has 3 nitrogen and oxygen atoms in total. The summed E-state index contributed by atoms with van der Waals surface area (Å²) in [5.74, 6) is 6.40. The van der Waals surface area contributed by atoms with Gasteiger partial charge in [-0.1, -0.05) is 37.3 Å². The Kier molecular flexibility index (Phi) is 6.45. The maximum Gasteiger partial charge on any atom is 0.255 e. The van der Waals surface area contributed by atoms with Gasteiger partial charge in [-0.3, -0.25) is 4.79 Å². The topological polar surface area (TPSA) is 46.3 Å². The third-order valence-corrected chi connectivity index (χ3v) is 3.52. The van der Waals surface area contributed by atoms with Crippen LogP contribution in [0.2, 0.25) is 0 Å². The van der Waals surface area contributed by atoms with E-state index >= 15 is 0 Å². The molecule has 1 rings (SSSR count). The van der Waals surface area contributed by atoms with Crippen LogP contribution in [0.5, 0.6) is 0 Å². The van der Waals surface area contributed by atoms with Gasteiger partial charge in [-0.2, -0.15) is 0 Å². The second-order valence-corrected chi connectivity index (χ2v) is 5.95. The molecule has 0 aliphatic rings. The minimum atomic E-state index is 0.0215. The van der Waals surface area contributed by atoms with Crippen molar-refractivity contribution in [2.24, 2.45) is 11.7 Å². The molecular weight excluding hydrogens is 260 g/mol. The van der Waals surface area contributed by atoms with E-state index in [-0.39, 0.29) is 11.9 Å². The van der Waals surface area contributed by atoms with Crippen LogP contribution in [0.3, 0.4) is 0 Å². The van der Waals surface area contributed by atoms with Crippen LogP contribution in [0.15, 0.2) is 18.2 Å². The van der Waals surface area contributed by atoms with Gasteiger partial charge >= 0.3 is 0 Å². The monoisotopic (exact) mass is 286 g/mol. The molecule has 0 saturated heterocycles. The first-order chi connectivity index (χ1) is 9.86. The van der Waals surface area contributed by atoms with Crippen LogP contribution in [0, 0.1) is 24.7 Å². The summed E-state index contributed by atoms with van der Waals surface area (Å²) in [5.41, 5.74) is 7.89. The normalized spacial score (nSPS) is 11.8. The second-order valence-electron chi connectivity index (χ2n) is 5.95. The lowest BCUT2D eigenvalue weighted by molar-refractivity contribution is 0.0728. The standard InChI is InChI=1S/C18H26N2O/c1-13(2)11-15(4)20(5)18(21)17-12-14(3)8-9-16(17)7-6-10-19/h8-9,12-13,15H,10-11,19H2,1-5H3. The highest BCUT2D eigenvalue weighted by Crippen LogP contribution is 2.17. The summed E-state index contributed by atoms with van der Waals surface area (Å²) < 4.78 is 0. The van der Waals surface area contributed by atoms with Crippen LogP contribution in [0.1, 0.15) is 48.7 Å². The molecule has 0 aromatic heterocycles. The van der Waals surface area contributed by atoms with Crippen LogP contribution in [-0.2, 0) is 0 Å². The van der Waals surface area contributed by atoms with Crippen LogP contribution < -0.4 is 5.73 Å². The van der Waals surface area contributed by atoms with E-state index in [2.05, 4.69) is 32.6 Å². The molecule has 0 spiro atoms. The molecule has 0 aliphatic carbocycles.